The topological polar surface area (TPSA) is 58.4 Å². The van der Waals surface area contributed by atoms with Crippen molar-refractivity contribution in [2.75, 3.05) is 23.3 Å². The third kappa shape index (κ3) is 3.71. The molecule has 0 aromatic heterocycles. The average molecular weight is 309 g/mol. The van der Waals surface area contributed by atoms with E-state index in [-0.39, 0.29) is 5.91 Å². The molecule has 2 aromatic rings. The van der Waals surface area contributed by atoms with Crippen LogP contribution in [0.4, 0.5) is 11.4 Å². The number of carbonyl (C=O) groups is 1. The molecule has 4 heteroatoms. The van der Waals surface area contributed by atoms with Crippen LogP contribution in [-0.2, 0) is 6.54 Å². The van der Waals surface area contributed by atoms with Gasteiger partial charge in [0.05, 0.1) is 0 Å². The minimum Gasteiger partial charge on any atom is -0.372 e. The Bertz CT molecular complexity index is 661. The quantitative estimate of drug-likeness (QED) is 0.910. The number of carbonyl (C=O) groups excluding carboxylic acids is 1. The monoisotopic (exact) mass is 309 g/mol. The number of nitrogens with zero attached hydrogens (tertiary/aromatic N) is 1. The summed E-state index contributed by atoms with van der Waals surface area (Å²) in [7, 11) is 0. The zero-order valence-electron chi connectivity index (χ0n) is 13.3. The number of amides is 1. The summed E-state index contributed by atoms with van der Waals surface area (Å²) in [6.07, 6.45) is 3.84. The summed E-state index contributed by atoms with van der Waals surface area (Å²) in [6, 6.07) is 15.5. The van der Waals surface area contributed by atoms with Crippen molar-refractivity contribution >= 4 is 17.3 Å². The van der Waals surface area contributed by atoms with Crippen LogP contribution in [0.1, 0.15) is 35.2 Å². The highest BCUT2D eigenvalue weighted by Crippen LogP contribution is 2.22. The molecule has 1 aliphatic heterocycles. The van der Waals surface area contributed by atoms with E-state index in [1.54, 1.807) is 6.07 Å². The Kier molecular flexibility index (Phi) is 4.93. The van der Waals surface area contributed by atoms with Gasteiger partial charge in [-0.2, -0.15) is 0 Å². The lowest BCUT2D eigenvalue weighted by Crippen LogP contribution is -2.29. The average Bonchev–Trinajstić information content (AvgIpc) is 2.63. The number of rotatable bonds is 4. The van der Waals surface area contributed by atoms with Gasteiger partial charge in [-0.3, -0.25) is 4.79 Å². The first-order valence-electron chi connectivity index (χ1n) is 8.22. The summed E-state index contributed by atoms with van der Waals surface area (Å²) in [5.41, 5.74) is 9.22. The molecule has 23 heavy (non-hydrogen) atoms. The van der Waals surface area contributed by atoms with Gasteiger partial charge in [0.15, 0.2) is 0 Å². The number of piperidine rings is 1. The maximum atomic E-state index is 12.4. The molecule has 0 saturated carbocycles. The molecule has 1 heterocycles. The van der Waals surface area contributed by atoms with E-state index < -0.39 is 0 Å². The van der Waals surface area contributed by atoms with Gasteiger partial charge < -0.3 is 16.0 Å². The predicted molar refractivity (Wildman–Crippen MR) is 94.8 cm³/mol. The molecule has 0 atom stereocenters. The standard InChI is InChI=1S/C19H23N3O/c20-14-15-6-2-3-7-18(15)19(23)21-16-8-10-17(11-9-16)22-12-4-1-5-13-22/h2-3,6-11H,1,4-5,12-14,20H2,(H,21,23). The van der Waals surface area contributed by atoms with Crippen LogP contribution in [0.3, 0.4) is 0 Å². The number of hydrogen-bond acceptors (Lipinski definition) is 3. The van der Waals surface area contributed by atoms with Crippen LogP contribution in [-0.4, -0.2) is 19.0 Å². The highest BCUT2D eigenvalue weighted by Gasteiger charge is 2.12. The number of nitrogens with two attached hydrogens (primary N) is 1. The van der Waals surface area contributed by atoms with E-state index >= 15 is 0 Å². The van der Waals surface area contributed by atoms with E-state index in [9.17, 15) is 4.79 Å². The van der Waals surface area contributed by atoms with Gasteiger partial charge >= 0.3 is 0 Å². The minimum atomic E-state index is -0.114. The Labute approximate surface area is 137 Å². The van der Waals surface area contributed by atoms with Crippen molar-refractivity contribution in [1.82, 2.24) is 0 Å². The summed E-state index contributed by atoms with van der Waals surface area (Å²) in [6.45, 7) is 2.60. The Balaban J connectivity index is 1.69. The zero-order chi connectivity index (χ0) is 16.1. The highest BCUT2D eigenvalue weighted by molar-refractivity contribution is 6.05. The van der Waals surface area contributed by atoms with E-state index in [1.165, 1.54) is 24.9 Å². The van der Waals surface area contributed by atoms with Gasteiger partial charge in [-0.25, -0.2) is 0 Å². The molecular formula is C19H23N3O. The van der Waals surface area contributed by atoms with Gasteiger partial charge in [0.1, 0.15) is 0 Å². The highest BCUT2D eigenvalue weighted by atomic mass is 16.1. The first-order valence-corrected chi connectivity index (χ1v) is 8.22. The molecule has 0 aliphatic carbocycles. The molecule has 1 saturated heterocycles. The van der Waals surface area contributed by atoms with Gasteiger partial charge in [0, 0.05) is 36.6 Å². The molecule has 0 spiro atoms. The van der Waals surface area contributed by atoms with Gasteiger partial charge in [0.25, 0.3) is 5.91 Å². The van der Waals surface area contributed by atoms with E-state index in [0.717, 1.165) is 24.3 Å². The molecule has 1 aliphatic rings. The first kappa shape index (κ1) is 15.6. The number of anilines is 2. The van der Waals surface area contributed by atoms with Crippen LogP contribution in [0.25, 0.3) is 0 Å². The van der Waals surface area contributed by atoms with E-state index in [4.69, 9.17) is 5.73 Å². The van der Waals surface area contributed by atoms with Gasteiger partial charge in [-0.1, -0.05) is 18.2 Å². The SMILES string of the molecule is NCc1ccccc1C(=O)Nc1ccc(N2CCCCC2)cc1. The molecular weight excluding hydrogens is 286 g/mol. The molecule has 0 radical (unpaired) electrons. The van der Waals surface area contributed by atoms with Gasteiger partial charge in [0.2, 0.25) is 0 Å². The number of hydrogen-bond donors (Lipinski definition) is 2. The molecule has 1 fully saturated rings. The van der Waals surface area contributed by atoms with Crippen molar-refractivity contribution in [2.45, 2.75) is 25.8 Å². The lowest BCUT2D eigenvalue weighted by molar-refractivity contribution is 0.102. The van der Waals surface area contributed by atoms with Crippen molar-refractivity contribution in [3.8, 4) is 0 Å². The summed E-state index contributed by atoms with van der Waals surface area (Å²) >= 11 is 0. The number of benzene rings is 2. The van der Waals surface area contributed by atoms with Gasteiger partial charge in [-0.15, -0.1) is 0 Å². The Morgan fingerprint density at radius 3 is 2.39 bits per heavy atom. The molecule has 3 rings (SSSR count). The van der Waals surface area contributed by atoms with Crippen molar-refractivity contribution in [3.05, 3.63) is 59.7 Å². The van der Waals surface area contributed by atoms with E-state index in [2.05, 4.69) is 22.3 Å². The maximum Gasteiger partial charge on any atom is 0.255 e. The molecule has 2 aromatic carbocycles. The van der Waals surface area contributed by atoms with Crippen LogP contribution in [0, 0.1) is 0 Å². The number of nitrogens with one attached hydrogen (secondary N) is 1. The van der Waals surface area contributed by atoms with Crippen LogP contribution >= 0.6 is 0 Å². The summed E-state index contributed by atoms with van der Waals surface area (Å²) < 4.78 is 0. The lowest BCUT2D eigenvalue weighted by atomic mass is 10.1. The smallest absolute Gasteiger partial charge is 0.255 e. The van der Waals surface area contributed by atoms with Crippen molar-refractivity contribution < 1.29 is 4.79 Å². The molecule has 3 N–H and O–H groups in total. The first-order chi connectivity index (χ1) is 11.3. The summed E-state index contributed by atoms with van der Waals surface area (Å²) in [5, 5.41) is 2.95. The second kappa shape index (κ2) is 7.29. The van der Waals surface area contributed by atoms with Crippen LogP contribution in [0.15, 0.2) is 48.5 Å². The molecule has 120 valence electrons. The fraction of sp³-hybridized carbons (Fsp3) is 0.316. The summed E-state index contributed by atoms with van der Waals surface area (Å²) in [4.78, 5) is 14.8. The third-order valence-corrected chi connectivity index (χ3v) is 4.33. The molecule has 1 amide bonds. The largest absolute Gasteiger partial charge is 0.372 e. The normalized spacial score (nSPS) is 14.6. The van der Waals surface area contributed by atoms with Crippen LogP contribution in [0.2, 0.25) is 0 Å². The fourth-order valence-corrected chi connectivity index (χ4v) is 3.03. The summed E-state index contributed by atoms with van der Waals surface area (Å²) in [5.74, 6) is -0.114. The van der Waals surface area contributed by atoms with Crippen molar-refractivity contribution in [3.63, 3.8) is 0 Å². The zero-order valence-corrected chi connectivity index (χ0v) is 13.3. The van der Waals surface area contributed by atoms with Crippen molar-refractivity contribution in [1.29, 1.82) is 0 Å². The van der Waals surface area contributed by atoms with Gasteiger partial charge in [-0.05, 0) is 55.2 Å². The molecule has 0 bridgehead atoms. The second-order valence-corrected chi connectivity index (χ2v) is 5.91. The minimum absolute atomic E-state index is 0.114. The van der Waals surface area contributed by atoms with Crippen LogP contribution in [0.5, 0.6) is 0 Å². The predicted octanol–water partition coefficient (Wildman–Crippen LogP) is 3.39. The lowest BCUT2D eigenvalue weighted by Gasteiger charge is -2.28. The van der Waals surface area contributed by atoms with E-state index in [0.29, 0.717) is 12.1 Å². The Morgan fingerprint density at radius 1 is 1.00 bits per heavy atom. The Hall–Kier alpha value is -2.33. The molecule has 0 unspecified atom stereocenters. The molecule has 4 nitrogen and oxygen atoms in total. The second-order valence-electron chi connectivity index (χ2n) is 5.91. The van der Waals surface area contributed by atoms with Crippen molar-refractivity contribution in [2.24, 2.45) is 5.73 Å². The Morgan fingerprint density at radius 2 is 1.70 bits per heavy atom. The van der Waals surface area contributed by atoms with Crippen LogP contribution < -0.4 is 16.0 Å². The maximum absolute atomic E-state index is 12.4. The van der Waals surface area contributed by atoms with E-state index in [1.807, 2.05) is 30.3 Å². The third-order valence-electron chi connectivity index (χ3n) is 4.33. The fourth-order valence-electron chi connectivity index (χ4n) is 3.03.